The maximum atomic E-state index is 14.5. The Kier molecular flexibility index (Phi) is 14.4. The van der Waals surface area contributed by atoms with Crippen molar-refractivity contribution in [3.8, 4) is 16.9 Å². The van der Waals surface area contributed by atoms with Gasteiger partial charge in [-0.15, -0.1) is 0 Å². The van der Waals surface area contributed by atoms with E-state index >= 15 is 0 Å². The molecule has 4 aromatic rings. The summed E-state index contributed by atoms with van der Waals surface area (Å²) in [6, 6.07) is 20.0. The number of para-hydroxylation sites is 2. The number of halogens is 2. The van der Waals surface area contributed by atoms with Crippen LogP contribution in [0.4, 0.5) is 21.0 Å². The number of benzene rings is 4. The number of esters is 1. The minimum atomic E-state index is -1.57. The number of phenolic OH excluding ortho intramolecular Hbond substituents is 1. The number of nitrogens with zero attached hydrogens (tertiary/aromatic N) is 3. The minimum Gasteiger partial charge on any atom is -0.505 e. The van der Waals surface area contributed by atoms with Gasteiger partial charge in [0.15, 0.2) is 12.4 Å². The molecule has 0 aromatic heterocycles. The Morgan fingerprint density at radius 2 is 1.50 bits per heavy atom. The minimum absolute atomic E-state index is 0.0392. The van der Waals surface area contributed by atoms with E-state index < -0.39 is 91.3 Å². The number of anilines is 2. The number of nitrogens with two attached hydrogens (primary N) is 1. The fourth-order valence-electron chi connectivity index (χ4n) is 7.15. The molecule has 1 aliphatic carbocycles. The maximum Gasteiger partial charge on any atom is 0.508 e. The van der Waals surface area contributed by atoms with E-state index in [1.807, 2.05) is 54.0 Å². The smallest absolute Gasteiger partial charge is 0.505 e. The van der Waals surface area contributed by atoms with Crippen molar-refractivity contribution in [3.63, 3.8) is 0 Å². The first-order valence-corrected chi connectivity index (χ1v) is 20.4. The first kappa shape index (κ1) is 46.3. The number of urea groups is 1. The van der Waals surface area contributed by atoms with Crippen molar-refractivity contribution in [1.82, 2.24) is 16.1 Å². The Morgan fingerprint density at radius 3 is 2.11 bits per heavy atom. The number of hydrogen-bond acceptors (Lipinski definition) is 12. The van der Waals surface area contributed by atoms with Crippen LogP contribution < -0.4 is 31.6 Å². The van der Waals surface area contributed by atoms with E-state index in [1.165, 1.54) is 12.1 Å². The number of carbonyl (C=O) groups excluding carboxylic acids is 7. The van der Waals surface area contributed by atoms with Gasteiger partial charge < -0.3 is 40.6 Å². The third-order valence-electron chi connectivity index (χ3n) is 9.81. The molecule has 18 nitrogen and oxygen atoms in total. The van der Waals surface area contributed by atoms with E-state index in [0.29, 0.717) is 0 Å². The molecule has 1 aliphatic heterocycles. The van der Waals surface area contributed by atoms with E-state index in [-0.39, 0.29) is 39.5 Å². The zero-order valence-electron chi connectivity index (χ0n) is 34.6. The van der Waals surface area contributed by atoms with Gasteiger partial charge in [-0.05, 0) is 67.3 Å². The van der Waals surface area contributed by atoms with Gasteiger partial charge in [0.1, 0.15) is 24.8 Å². The lowest BCUT2D eigenvalue weighted by Gasteiger charge is -2.26. The normalized spacial score (nSPS) is 15.0. The summed E-state index contributed by atoms with van der Waals surface area (Å²) in [5.41, 5.74) is 10.1. The molecular formula is C44H43Cl2N7O11. The summed E-state index contributed by atoms with van der Waals surface area (Å²) < 4.78 is 16.2. The Balaban J connectivity index is 1.24. The number of rotatable bonds is 13. The summed E-state index contributed by atoms with van der Waals surface area (Å²) >= 11 is 12.2. The molecule has 1 heterocycles. The van der Waals surface area contributed by atoms with Gasteiger partial charge in [-0.1, -0.05) is 83.9 Å². The molecule has 2 aliphatic rings. The summed E-state index contributed by atoms with van der Waals surface area (Å²) in [5.74, 6) is -4.93. The molecule has 64 heavy (non-hydrogen) atoms. The predicted molar refractivity (Wildman–Crippen MR) is 235 cm³/mol. The zero-order valence-corrected chi connectivity index (χ0v) is 36.1. The third-order valence-corrected chi connectivity index (χ3v) is 10.4. The monoisotopic (exact) mass is 915 g/mol. The average molecular weight is 917 g/mol. The number of fused-ring (bicyclic) bond motifs is 4. The van der Waals surface area contributed by atoms with Crippen molar-refractivity contribution < 1.29 is 52.9 Å². The summed E-state index contributed by atoms with van der Waals surface area (Å²) in [7, 11) is 0. The molecule has 0 fully saturated rings. The van der Waals surface area contributed by atoms with Crippen molar-refractivity contribution in [2.75, 3.05) is 36.1 Å². The number of hydrazone groups is 1. The van der Waals surface area contributed by atoms with Crippen molar-refractivity contribution in [3.05, 3.63) is 112 Å². The van der Waals surface area contributed by atoms with Crippen LogP contribution in [0.1, 0.15) is 54.6 Å². The second-order valence-corrected chi connectivity index (χ2v) is 16.3. The Morgan fingerprint density at radius 1 is 0.906 bits per heavy atom. The second kappa shape index (κ2) is 19.9. The SMILES string of the molecule is CC(C)(C)OC(=O)C[C@@H](/C=N/NC(N)=O)NC(=O)CN1C(=O)[C@@H](NC(=O)c2cc(Cl)c(O)c(Cl)c2)CN(C(=O)COC(=O)OCC2c3ccccc3-c3ccccc32)c2ccccc21. The lowest BCUT2D eigenvalue weighted by molar-refractivity contribution is -0.155. The quantitative estimate of drug-likeness (QED) is 0.0677. The number of nitrogens with one attached hydrogen (secondary N) is 3. The van der Waals surface area contributed by atoms with Crippen LogP contribution in [0.15, 0.2) is 90.0 Å². The molecular weight excluding hydrogens is 873 g/mol. The molecule has 2 atom stereocenters. The molecule has 334 valence electrons. The lowest BCUT2D eigenvalue weighted by Crippen LogP contribution is -2.55. The van der Waals surface area contributed by atoms with E-state index in [4.69, 9.17) is 43.1 Å². The molecule has 6 amide bonds. The van der Waals surface area contributed by atoms with Crippen molar-refractivity contribution in [2.24, 2.45) is 10.8 Å². The molecule has 6 N–H and O–H groups in total. The first-order chi connectivity index (χ1) is 30.4. The van der Waals surface area contributed by atoms with Crippen molar-refractivity contribution in [2.45, 2.75) is 50.8 Å². The van der Waals surface area contributed by atoms with Gasteiger partial charge in [-0.3, -0.25) is 28.9 Å². The fourth-order valence-corrected chi connectivity index (χ4v) is 7.64. The highest BCUT2D eigenvalue weighted by Gasteiger charge is 2.39. The number of phenols is 1. The van der Waals surface area contributed by atoms with Crippen LogP contribution in [0.2, 0.25) is 10.0 Å². The molecule has 0 bridgehead atoms. The zero-order chi connectivity index (χ0) is 46.3. The van der Waals surface area contributed by atoms with E-state index in [0.717, 1.165) is 50.4 Å². The van der Waals surface area contributed by atoms with Crippen molar-refractivity contribution >= 4 is 82.6 Å². The molecule has 0 saturated carbocycles. The van der Waals surface area contributed by atoms with E-state index in [9.17, 15) is 38.7 Å². The highest BCUT2D eigenvalue weighted by molar-refractivity contribution is 6.37. The fraction of sp³-hybridized carbons (Fsp3) is 0.273. The number of hydrogen-bond donors (Lipinski definition) is 5. The Bertz CT molecular complexity index is 2460. The van der Waals surface area contributed by atoms with Crippen LogP contribution in [-0.4, -0.2) is 97.1 Å². The number of amides is 6. The molecule has 0 radical (unpaired) electrons. The van der Waals surface area contributed by atoms with Crippen LogP contribution in [0.3, 0.4) is 0 Å². The molecule has 6 rings (SSSR count). The van der Waals surface area contributed by atoms with Crippen LogP contribution in [0.25, 0.3) is 11.1 Å². The molecule has 0 saturated heterocycles. The predicted octanol–water partition coefficient (Wildman–Crippen LogP) is 5.01. The van der Waals surface area contributed by atoms with Gasteiger partial charge in [-0.25, -0.2) is 15.0 Å². The molecule has 20 heteroatoms. The number of ether oxygens (including phenoxy) is 3. The molecule has 0 spiro atoms. The highest BCUT2D eigenvalue weighted by atomic mass is 35.5. The van der Waals surface area contributed by atoms with Gasteiger partial charge >= 0.3 is 18.2 Å². The Hall–Kier alpha value is -7.18. The number of primary amides is 1. The van der Waals surface area contributed by atoms with Gasteiger partial charge in [-0.2, -0.15) is 5.10 Å². The summed E-state index contributed by atoms with van der Waals surface area (Å²) in [4.78, 5) is 95.2. The lowest BCUT2D eigenvalue weighted by atomic mass is 9.98. The van der Waals surface area contributed by atoms with Gasteiger partial charge in [0.25, 0.3) is 17.7 Å². The topological polar surface area (TPSA) is 248 Å². The average Bonchev–Trinajstić information content (AvgIpc) is 3.51. The third kappa shape index (κ3) is 11.2. The van der Waals surface area contributed by atoms with Crippen LogP contribution in [0, 0.1) is 0 Å². The van der Waals surface area contributed by atoms with Gasteiger partial charge in [0.05, 0.1) is 40.4 Å². The Labute approximate surface area is 376 Å². The van der Waals surface area contributed by atoms with Gasteiger partial charge in [0.2, 0.25) is 5.91 Å². The maximum absolute atomic E-state index is 14.5. The number of aromatic hydroxyl groups is 1. The molecule has 0 unspecified atom stereocenters. The first-order valence-electron chi connectivity index (χ1n) is 19.7. The van der Waals surface area contributed by atoms with Crippen LogP contribution in [0.5, 0.6) is 5.75 Å². The van der Waals surface area contributed by atoms with E-state index in [2.05, 4.69) is 15.7 Å². The van der Waals surface area contributed by atoms with Crippen LogP contribution in [-0.2, 0) is 33.4 Å². The van der Waals surface area contributed by atoms with Gasteiger partial charge in [0, 0.05) is 17.7 Å². The standard InChI is InChI=1S/C44H43Cl2N7O11/c1-44(2,3)64-38(56)18-25(19-48-51-42(47)60)49-36(54)21-53-35-15-9-8-14-34(35)52(20-33(41(53)59)50-40(58)24-16-31(45)39(57)32(46)17-24)37(55)23-63-43(61)62-22-30-28-12-6-4-10-26(28)27-11-5-7-13-29(27)30/h4-17,19,25,30,33,57H,18,20-23H2,1-3H3,(H,49,54)(H,50,58)(H3,47,51,60)/b48-19+/t25-,33-/m0/s1. The highest BCUT2D eigenvalue weighted by Crippen LogP contribution is 2.44. The summed E-state index contributed by atoms with van der Waals surface area (Å²) in [5, 5.41) is 18.4. The van der Waals surface area contributed by atoms with E-state index in [1.54, 1.807) is 32.9 Å². The number of carbonyl (C=O) groups is 7. The van der Waals surface area contributed by atoms with Crippen molar-refractivity contribution in [1.29, 1.82) is 0 Å². The summed E-state index contributed by atoms with van der Waals surface area (Å²) in [6.07, 6.45) is -0.535. The molecule has 4 aromatic carbocycles. The largest absolute Gasteiger partial charge is 0.508 e. The van der Waals surface area contributed by atoms with Crippen LogP contribution >= 0.6 is 23.2 Å². The summed E-state index contributed by atoms with van der Waals surface area (Å²) in [6.45, 7) is 2.74. The second-order valence-electron chi connectivity index (χ2n) is 15.5.